The van der Waals surface area contributed by atoms with Crippen molar-refractivity contribution in [2.75, 3.05) is 11.9 Å². The van der Waals surface area contributed by atoms with Gasteiger partial charge in [-0.15, -0.1) is 0 Å². The first-order valence-electron chi connectivity index (χ1n) is 7.16. The van der Waals surface area contributed by atoms with Crippen LogP contribution in [0.2, 0.25) is 0 Å². The van der Waals surface area contributed by atoms with E-state index in [1.165, 1.54) is 0 Å². The summed E-state index contributed by atoms with van der Waals surface area (Å²) in [6.45, 7) is 5.85. The van der Waals surface area contributed by atoms with Gasteiger partial charge in [0.15, 0.2) is 12.4 Å². The average molecular weight is 302 g/mol. The molecule has 1 aromatic heterocycles. The molecule has 7 nitrogen and oxygen atoms in total. The molecule has 1 amide bonds. The van der Waals surface area contributed by atoms with E-state index in [-0.39, 0.29) is 24.6 Å². The van der Waals surface area contributed by atoms with E-state index in [2.05, 4.69) is 20.8 Å². The number of hydrogen-bond acceptors (Lipinski definition) is 6. The molecule has 1 aliphatic heterocycles. The van der Waals surface area contributed by atoms with E-state index in [1.807, 2.05) is 32.0 Å². The lowest BCUT2D eigenvalue weighted by atomic mass is 10.1. The molecule has 2 heterocycles. The van der Waals surface area contributed by atoms with Crippen molar-refractivity contribution in [3.8, 4) is 5.75 Å². The van der Waals surface area contributed by atoms with Crippen molar-refractivity contribution >= 4 is 11.6 Å². The summed E-state index contributed by atoms with van der Waals surface area (Å²) in [5.74, 6) is 1.72. The number of fused-ring (bicyclic) bond motifs is 1. The van der Waals surface area contributed by atoms with E-state index in [1.54, 1.807) is 6.92 Å². The second-order valence-electron chi connectivity index (χ2n) is 5.38. The van der Waals surface area contributed by atoms with Crippen molar-refractivity contribution in [2.45, 2.75) is 32.9 Å². The van der Waals surface area contributed by atoms with Crippen molar-refractivity contribution in [1.82, 2.24) is 15.5 Å². The zero-order chi connectivity index (χ0) is 15.7. The molecule has 2 atom stereocenters. The highest BCUT2D eigenvalue weighted by Crippen LogP contribution is 2.31. The zero-order valence-corrected chi connectivity index (χ0v) is 12.7. The van der Waals surface area contributed by atoms with Crippen LogP contribution < -0.4 is 15.4 Å². The third kappa shape index (κ3) is 2.94. The first kappa shape index (κ1) is 14.5. The molecular formula is C15H18N4O3. The number of aryl methyl sites for hydroxylation is 1. The lowest BCUT2D eigenvalue weighted by molar-refractivity contribution is -0.118. The highest BCUT2D eigenvalue weighted by atomic mass is 16.5. The monoisotopic (exact) mass is 302 g/mol. The molecule has 1 aliphatic rings. The molecule has 0 saturated heterocycles. The quantitative estimate of drug-likeness (QED) is 0.899. The summed E-state index contributed by atoms with van der Waals surface area (Å²) in [4.78, 5) is 15.6. The fourth-order valence-corrected chi connectivity index (χ4v) is 2.40. The van der Waals surface area contributed by atoms with E-state index in [4.69, 9.17) is 9.26 Å². The predicted octanol–water partition coefficient (Wildman–Crippen LogP) is 2.12. The van der Waals surface area contributed by atoms with E-state index in [9.17, 15) is 4.79 Å². The van der Waals surface area contributed by atoms with Crippen molar-refractivity contribution in [3.63, 3.8) is 0 Å². The Morgan fingerprint density at radius 3 is 2.86 bits per heavy atom. The topological polar surface area (TPSA) is 89.3 Å². The Bertz CT molecular complexity index is 698. The number of carbonyl (C=O) groups excluding carboxylic acids is 1. The standard InChI is InChI=1S/C15H18N4O3/c1-8(16-9(2)15-17-10(3)19-22-15)11-4-5-13-12(6-11)18-14(20)7-21-13/h4-6,8-9,16H,7H2,1-3H3,(H,18,20). The molecule has 3 rings (SSSR count). The van der Waals surface area contributed by atoms with Gasteiger partial charge in [0.05, 0.1) is 11.7 Å². The number of carbonyl (C=O) groups is 1. The van der Waals surface area contributed by atoms with Crippen LogP contribution in [-0.4, -0.2) is 22.7 Å². The fraction of sp³-hybridized carbons (Fsp3) is 0.400. The number of rotatable bonds is 4. The highest BCUT2D eigenvalue weighted by molar-refractivity contribution is 5.95. The number of amides is 1. The molecule has 0 saturated carbocycles. The van der Waals surface area contributed by atoms with E-state index >= 15 is 0 Å². The molecule has 116 valence electrons. The van der Waals surface area contributed by atoms with Crippen LogP contribution >= 0.6 is 0 Å². The van der Waals surface area contributed by atoms with Crippen LogP contribution in [0.15, 0.2) is 22.7 Å². The highest BCUT2D eigenvalue weighted by Gasteiger charge is 2.20. The van der Waals surface area contributed by atoms with Gasteiger partial charge in [0.1, 0.15) is 5.75 Å². The summed E-state index contributed by atoms with van der Waals surface area (Å²) in [6.07, 6.45) is 0. The van der Waals surface area contributed by atoms with Crippen molar-refractivity contribution < 1.29 is 14.1 Å². The number of ether oxygens (including phenoxy) is 1. The van der Waals surface area contributed by atoms with E-state index in [0.29, 0.717) is 23.2 Å². The minimum atomic E-state index is -0.139. The first-order chi connectivity index (χ1) is 10.5. The molecular weight excluding hydrogens is 284 g/mol. The zero-order valence-electron chi connectivity index (χ0n) is 12.7. The van der Waals surface area contributed by atoms with Crippen LogP contribution in [0, 0.1) is 6.92 Å². The second-order valence-corrected chi connectivity index (χ2v) is 5.38. The Morgan fingerprint density at radius 2 is 2.14 bits per heavy atom. The van der Waals surface area contributed by atoms with Crippen molar-refractivity contribution in [2.24, 2.45) is 0 Å². The van der Waals surface area contributed by atoms with Gasteiger partial charge in [-0.3, -0.25) is 10.1 Å². The van der Waals surface area contributed by atoms with Crippen LogP contribution in [0.1, 0.15) is 43.2 Å². The summed E-state index contributed by atoms with van der Waals surface area (Å²) in [5, 5.41) is 10.00. The van der Waals surface area contributed by atoms with Gasteiger partial charge in [0.2, 0.25) is 5.89 Å². The Kier molecular flexibility index (Phi) is 3.81. The maximum Gasteiger partial charge on any atom is 0.262 e. The van der Waals surface area contributed by atoms with Gasteiger partial charge in [-0.25, -0.2) is 0 Å². The van der Waals surface area contributed by atoms with E-state index < -0.39 is 0 Å². The smallest absolute Gasteiger partial charge is 0.262 e. The Morgan fingerprint density at radius 1 is 1.32 bits per heavy atom. The number of anilines is 1. The van der Waals surface area contributed by atoms with Gasteiger partial charge in [0, 0.05) is 6.04 Å². The lowest BCUT2D eigenvalue weighted by Gasteiger charge is -2.22. The SMILES string of the molecule is Cc1noc(C(C)NC(C)c2ccc3c(c2)NC(=O)CO3)n1. The van der Waals surface area contributed by atoms with E-state index in [0.717, 1.165) is 5.56 Å². The van der Waals surface area contributed by atoms with Crippen LogP contribution in [-0.2, 0) is 4.79 Å². The molecule has 7 heteroatoms. The molecule has 0 spiro atoms. The molecule has 2 N–H and O–H groups in total. The van der Waals surface area contributed by atoms with Gasteiger partial charge in [-0.2, -0.15) is 4.98 Å². The molecule has 2 unspecified atom stereocenters. The normalized spacial score (nSPS) is 16.4. The molecule has 0 radical (unpaired) electrons. The van der Waals surface area contributed by atoms with Gasteiger partial charge in [-0.05, 0) is 38.5 Å². The van der Waals surface area contributed by atoms with Gasteiger partial charge in [0.25, 0.3) is 5.91 Å². The minimum absolute atomic E-state index is 0.0475. The van der Waals surface area contributed by atoms with Crippen molar-refractivity contribution in [1.29, 1.82) is 0 Å². The third-order valence-corrected chi connectivity index (χ3v) is 3.55. The van der Waals surface area contributed by atoms with Gasteiger partial charge < -0.3 is 14.6 Å². The minimum Gasteiger partial charge on any atom is -0.482 e. The Balaban J connectivity index is 1.73. The molecule has 0 fully saturated rings. The van der Waals surface area contributed by atoms with Gasteiger partial charge in [-0.1, -0.05) is 11.2 Å². The molecule has 22 heavy (non-hydrogen) atoms. The molecule has 2 aromatic rings. The summed E-state index contributed by atoms with van der Waals surface area (Å²) in [5.41, 5.74) is 1.73. The third-order valence-electron chi connectivity index (χ3n) is 3.55. The number of nitrogens with zero attached hydrogens (tertiary/aromatic N) is 2. The lowest BCUT2D eigenvalue weighted by Crippen LogP contribution is -2.26. The number of benzene rings is 1. The second kappa shape index (κ2) is 5.76. The summed E-state index contributed by atoms with van der Waals surface area (Å²) < 4.78 is 10.5. The summed E-state index contributed by atoms with van der Waals surface area (Å²) in [7, 11) is 0. The molecule has 0 bridgehead atoms. The van der Waals surface area contributed by atoms with Gasteiger partial charge >= 0.3 is 0 Å². The maximum absolute atomic E-state index is 11.4. The maximum atomic E-state index is 11.4. The van der Waals surface area contributed by atoms with Crippen LogP contribution in [0.3, 0.4) is 0 Å². The first-order valence-corrected chi connectivity index (χ1v) is 7.16. The predicted molar refractivity (Wildman–Crippen MR) is 79.6 cm³/mol. The number of nitrogens with one attached hydrogen (secondary N) is 2. The largest absolute Gasteiger partial charge is 0.482 e. The van der Waals surface area contributed by atoms with Crippen LogP contribution in [0.25, 0.3) is 0 Å². The fourth-order valence-electron chi connectivity index (χ4n) is 2.40. The van der Waals surface area contributed by atoms with Crippen molar-refractivity contribution in [3.05, 3.63) is 35.5 Å². The number of aromatic nitrogens is 2. The molecule has 1 aromatic carbocycles. The van der Waals surface area contributed by atoms with Crippen LogP contribution in [0.5, 0.6) is 5.75 Å². The van der Waals surface area contributed by atoms with Crippen LogP contribution in [0.4, 0.5) is 5.69 Å². The summed E-state index contributed by atoms with van der Waals surface area (Å²) in [6, 6.07) is 5.73. The Labute approximate surface area is 128 Å². The number of hydrogen-bond donors (Lipinski definition) is 2. The molecule has 0 aliphatic carbocycles. The summed E-state index contributed by atoms with van der Waals surface area (Å²) >= 11 is 0. The Hall–Kier alpha value is -2.41. The average Bonchev–Trinajstić information content (AvgIpc) is 2.93.